The second kappa shape index (κ2) is 5.92. The number of carbonyl (C=O) groups is 2. The molecule has 20 heavy (non-hydrogen) atoms. The minimum atomic E-state index is -1.08. The number of para-hydroxylation sites is 2. The number of nitrogens with two attached hydrogens (primary N) is 1. The number of amides is 1. The molecule has 1 heterocycles. The highest BCUT2D eigenvalue weighted by Gasteiger charge is 2.33. The van der Waals surface area contributed by atoms with Crippen molar-refractivity contribution in [3.05, 3.63) is 24.3 Å². The molecule has 1 aliphatic rings. The summed E-state index contributed by atoms with van der Waals surface area (Å²) in [5.74, 6) is -0.741. The number of hydrogen-bond donors (Lipinski definition) is 2. The normalized spacial score (nSPS) is 18.9. The van der Waals surface area contributed by atoms with Crippen LogP contribution in [0.25, 0.3) is 0 Å². The van der Waals surface area contributed by atoms with E-state index in [4.69, 9.17) is 15.6 Å². The SMILES string of the molecule is CC(CN)CC(=O)N1CC(C(=O)O)Oc2ccccc21. The quantitative estimate of drug-likeness (QED) is 0.851. The van der Waals surface area contributed by atoms with E-state index in [1.165, 1.54) is 4.90 Å². The van der Waals surface area contributed by atoms with Crippen molar-refractivity contribution in [3.63, 3.8) is 0 Å². The van der Waals surface area contributed by atoms with Gasteiger partial charge in [-0.2, -0.15) is 0 Å². The number of anilines is 1. The maximum Gasteiger partial charge on any atom is 0.346 e. The minimum absolute atomic E-state index is 0.0163. The molecule has 0 aliphatic carbocycles. The zero-order valence-corrected chi connectivity index (χ0v) is 11.3. The van der Waals surface area contributed by atoms with Crippen LogP contribution in [0.2, 0.25) is 0 Å². The number of carboxylic acid groups (broad SMARTS) is 1. The van der Waals surface area contributed by atoms with Gasteiger partial charge in [-0.3, -0.25) is 4.79 Å². The van der Waals surface area contributed by atoms with Crippen LogP contribution < -0.4 is 15.4 Å². The summed E-state index contributed by atoms with van der Waals surface area (Å²) in [6.07, 6.45) is -0.751. The molecule has 2 unspecified atom stereocenters. The third-order valence-electron chi connectivity index (χ3n) is 3.28. The number of aliphatic carboxylic acids is 1. The van der Waals surface area contributed by atoms with Crippen LogP contribution in [0, 0.1) is 5.92 Å². The molecule has 0 fully saturated rings. The number of rotatable bonds is 4. The summed E-state index contributed by atoms with van der Waals surface area (Å²) < 4.78 is 5.39. The second-order valence-electron chi connectivity index (χ2n) is 4.96. The zero-order chi connectivity index (χ0) is 14.7. The Morgan fingerprint density at radius 2 is 2.20 bits per heavy atom. The lowest BCUT2D eigenvalue weighted by atomic mass is 10.1. The van der Waals surface area contributed by atoms with Crippen molar-refractivity contribution in [3.8, 4) is 5.75 Å². The van der Waals surface area contributed by atoms with Crippen molar-refractivity contribution in [2.75, 3.05) is 18.0 Å². The van der Waals surface area contributed by atoms with Gasteiger partial charge in [-0.1, -0.05) is 19.1 Å². The highest BCUT2D eigenvalue weighted by molar-refractivity contribution is 5.96. The highest BCUT2D eigenvalue weighted by Crippen LogP contribution is 2.33. The van der Waals surface area contributed by atoms with Gasteiger partial charge in [0.25, 0.3) is 0 Å². The van der Waals surface area contributed by atoms with Gasteiger partial charge in [0.1, 0.15) is 5.75 Å². The molecule has 6 heteroatoms. The maximum absolute atomic E-state index is 12.3. The largest absolute Gasteiger partial charge is 0.478 e. The van der Waals surface area contributed by atoms with Gasteiger partial charge in [0.05, 0.1) is 12.2 Å². The Labute approximate surface area is 117 Å². The van der Waals surface area contributed by atoms with Gasteiger partial charge >= 0.3 is 5.97 Å². The lowest BCUT2D eigenvalue weighted by Crippen LogP contribution is -2.47. The van der Waals surface area contributed by atoms with Gasteiger partial charge in [0, 0.05) is 6.42 Å². The first kappa shape index (κ1) is 14.3. The Hall–Kier alpha value is -2.08. The van der Waals surface area contributed by atoms with Gasteiger partial charge in [0.15, 0.2) is 0 Å². The molecule has 0 spiro atoms. The Morgan fingerprint density at radius 1 is 1.50 bits per heavy atom. The Bertz CT molecular complexity index is 518. The Balaban J connectivity index is 2.26. The van der Waals surface area contributed by atoms with E-state index >= 15 is 0 Å². The molecular weight excluding hydrogens is 260 g/mol. The van der Waals surface area contributed by atoms with E-state index in [0.717, 1.165) is 0 Å². The lowest BCUT2D eigenvalue weighted by Gasteiger charge is -2.33. The number of nitrogens with zero attached hydrogens (tertiary/aromatic N) is 1. The van der Waals surface area contributed by atoms with E-state index in [2.05, 4.69) is 0 Å². The van der Waals surface area contributed by atoms with E-state index in [1.54, 1.807) is 24.3 Å². The van der Waals surface area contributed by atoms with Crippen molar-refractivity contribution in [2.24, 2.45) is 11.7 Å². The van der Waals surface area contributed by atoms with Crippen LogP contribution in [0.3, 0.4) is 0 Å². The summed E-state index contributed by atoms with van der Waals surface area (Å²) in [6, 6.07) is 6.94. The first-order valence-corrected chi connectivity index (χ1v) is 6.52. The highest BCUT2D eigenvalue weighted by atomic mass is 16.5. The van der Waals surface area contributed by atoms with Crippen LogP contribution in [0.1, 0.15) is 13.3 Å². The summed E-state index contributed by atoms with van der Waals surface area (Å²) in [7, 11) is 0. The summed E-state index contributed by atoms with van der Waals surface area (Å²) in [6.45, 7) is 2.32. The number of ether oxygens (including phenoxy) is 1. The molecule has 6 nitrogen and oxygen atoms in total. The van der Waals surface area contributed by atoms with Crippen LogP contribution in [0.5, 0.6) is 5.75 Å². The van der Waals surface area contributed by atoms with Crippen molar-refractivity contribution >= 4 is 17.6 Å². The number of carboxylic acids is 1. The molecule has 2 rings (SSSR count). The molecular formula is C14H18N2O4. The number of hydrogen-bond acceptors (Lipinski definition) is 4. The van der Waals surface area contributed by atoms with Crippen LogP contribution >= 0.6 is 0 Å². The summed E-state index contributed by atoms with van der Waals surface area (Å²) in [5, 5.41) is 9.11. The molecule has 1 aromatic rings. The van der Waals surface area contributed by atoms with Crippen molar-refractivity contribution in [1.82, 2.24) is 0 Å². The molecule has 1 aliphatic heterocycles. The van der Waals surface area contributed by atoms with Crippen LogP contribution in [-0.2, 0) is 9.59 Å². The smallest absolute Gasteiger partial charge is 0.346 e. The first-order valence-electron chi connectivity index (χ1n) is 6.52. The van der Waals surface area contributed by atoms with Gasteiger partial charge < -0.3 is 20.5 Å². The number of fused-ring (bicyclic) bond motifs is 1. The van der Waals surface area contributed by atoms with Gasteiger partial charge in [-0.25, -0.2) is 4.79 Å². The molecule has 1 amide bonds. The van der Waals surface area contributed by atoms with E-state index in [-0.39, 0.29) is 24.8 Å². The van der Waals surface area contributed by atoms with Gasteiger partial charge in [-0.15, -0.1) is 0 Å². The maximum atomic E-state index is 12.3. The van der Waals surface area contributed by atoms with Crippen molar-refractivity contribution in [2.45, 2.75) is 19.4 Å². The zero-order valence-electron chi connectivity index (χ0n) is 11.3. The second-order valence-corrected chi connectivity index (χ2v) is 4.96. The Kier molecular flexibility index (Phi) is 4.24. The lowest BCUT2D eigenvalue weighted by molar-refractivity contribution is -0.145. The number of carbonyl (C=O) groups excluding carboxylic acids is 1. The van der Waals surface area contributed by atoms with Crippen molar-refractivity contribution in [1.29, 1.82) is 0 Å². The predicted molar refractivity (Wildman–Crippen MR) is 73.7 cm³/mol. The topological polar surface area (TPSA) is 92.9 Å². The molecule has 2 atom stereocenters. The third-order valence-corrected chi connectivity index (χ3v) is 3.28. The van der Waals surface area contributed by atoms with Crippen LogP contribution in [0.4, 0.5) is 5.69 Å². The fourth-order valence-corrected chi connectivity index (χ4v) is 2.09. The van der Waals surface area contributed by atoms with Crippen molar-refractivity contribution < 1.29 is 19.4 Å². The number of benzene rings is 1. The van der Waals surface area contributed by atoms with E-state index in [1.807, 2.05) is 6.92 Å². The minimum Gasteiger partial charge on any atom is -0.478 e. The van der Waals surface area contributed by atoms with E-state index < -0.39 is 12.1 Å². The third kappa shape index (κ3) is 2.91. The molecule has 0 saturated carbocycles. The average molecular weight is 278 g/mol. The molecule has 108 valence electrons. The summed E-state index contributed by atoms with van der Waals surface area (Å²) in [4.78, 5) is 24.9. The fraction of sp³-hybridized carbons (Fsp3) is 0.429. The summed E-state index contributed by atoms with van der Waals surface area (Å²) >= 11 is 0. The fourth-order valence-electron chi connectivity index (χ4n) is 2.09. The summed E-state index contributed by atoms with van der Waals surface area (Å²) in [5.41, 5.74) is 6.14. The van der Waals surface area contributed by atoms with Crippen LogP contribution in [0.15, 0.2) is 24.3 Å². The molecule has 1 aromatic carbocycles. The average Bonchev–Trinajstić information content (AvgIpc) is 2.45. The molecule has 0 saturated heterocycles. The molecule has 0 bridgehead atoms. The first-order chi connectivity index (χ1) is 9.52. The van der Waals surface area contributed by atoms with Gasteiger partial charge in [-0.05, 0) is 24.6 Å². The molecule has 3 N–H and O–H groups in total. The van der Waals surface area contributed by atoms with Gasteiger partial charge in [0.2, 0.25) is 12.0 Å². The standard InChI is InChI=1S/C14H18N2O4/c1-9(7-15)6-13(17)16-8-12(14(18)19)20-11-5-3-2-4-10(11)16/h2-5,9,12H,6-8,15H2,1H3,(H,18,19). The molecule has 0 radical (unpaired) electrons. The van der Waals surface area contributed by atoms with E-state index in [9.17, 15) is 9.59 Å². The van der Waals surface area contributed by atoms with E-state index in [0.29, 0.717) is 18.0 Å². The van der Waals surface area contributed by atoms with Crippen LogP contribution in [-0.4, -0.2) is 36.2 Å². The Morgan fingerprint density at radius 3 is 2.85 bits per heavy atom. The monoisotopic (exact) mass is 278 g/mol. The molecule has 0 aromatic heterocycles. The predicted octanol–water partition coefficient (Wildman–Crippen LogP) is 0.850.